The van der Waals surface area contributed by atoms with E-state index in [9.17, 15) is 0 Å². The summed E-state index contributed by atoms with van der Waals surface area (Å²) in [6.45, 7) is 0. The summed E-state index contributed by atoms with van der Waals surface area (Å²) in [6, 6.07) is 9.64. The van der Waals surface area contributed by atoms with Gasteiger partial charge >= 0.3 is 0 Å². The Morgan fingerprint density at radius 3 is 2.84 bits per heavy atom. The number of halogens is 1. The molecule has 0 aliphatic rings. The molecule has 0 radical (unpaired) electrons. The molecule has 94 valence electrons. The number of nitrogens with zero attached hydrogens (tertiary/aromatic N) is 3. The summed E-state index contributed by atoms with van der Waals surface area (Å²) >= 11 is 5.87. The molecule has 0 unspecified atom stereocenters. The van der Waals surface area contributed by atoms with Crippen molar-refractivity contribution >= 4 is 39.7 Å². The van der Waals surface area contributed by atoms with Crippen molar-refractivity contribution in [3.05, 3.63) is 48.0 Å². The van der Waals surface area contributed by atoms with Gasteiger partial charge in [-0.1, -0.05) is 17.7 Å². The summed E-state index contributed by atoms with van der Waals surface area (Å²) in [5.41, 5.74) is 7.93. The molecule has 0 aliphatic heterocycles. The Hall–Kier alpha value is -2.40. The van der Waals surface area contributed by atoms with Crippen LogP contribution in [0.5, 0.6) is 0 Å². The molecule has 3 N–H and O–H groups in total. The van der Waals surface area contributed by atoms with Gasteiger partial charge in [0.25, 0.3) is 0 Å². The van der Waals surface area contributed by atoms with E-state index in [1.54, 1.807) is 6.20 Å². The first-order valence-electron chi connectivity index (χ1n) is 5.62. The van der Waals surface area contributed by atoms with Crippen LogP contribution in [0.15, 0.2) is 42.9 Å². The van der Waals surface area contributed by atoms with E-state index in [2.05, 4.69) is 20.3 Å². The lowest BCUT2D eigenvalue weighted by atomic mass is 10.2. The molecule has 6 heteroatoms. The summed E-state index contributed by atoms with van der Waals surface area (Å²) in [5, 5.41) is 4.37. The predicted molar refractivity (Wildman–Crippen MR) is 76.5 cm³/mol. The molecular weight excluding hydrogens is 262 g/mol. The molecule has 1 aromatic carbocycles. The number of fused-ring (bicyclic) bond motifs is 1. The van der Waals surface area contributed by atoms with Crippen molar-refractivity contribution in [2.24, 2.45) is 0 Å². The van der Waals surface area contributed by atoms with Crippen molar-refractivity contribution < 1.29 is 0 Å². The van der Waals surface area contributed by atoms with E-state index >= 15 is 0 Å². The quantitative estimate of drug-likeness (QED) is 0.701. The molecule has 0 saturated heterocycles. The number of nitrogens with two attached hydrogens (primary N) is 1. The molecular formula is C13H10ClN5. The van der Waals surface area contributed by atoms with Gasteiger partial charge in [0, 0.05) is 17.3 Å². The number of hydrogen-bond acceptors (Lipinski definition) is 5. The van der Waals surface area contributed by atoms with Gasteiger partial charge < -0.3 is 11.1 Å². The SMILES string of the molecule is Nc1c(Cl)ncnc1Nc1cccc2ncccc12. The van der Waals surface area contributed by atoms with E-state index in [0.717, 1.165) is 16.6 Å². The fraction of sp³-hybridized carbons (Fsp3) is 0. The van der Waals surface area contributed by atoms with E-state index in [1.165, 1.54) is 6.33 Å². The lowest BCUT2D eigenvalue weighted by Crippen LogP contribution is -2.01. The van der Waals surface area contributed by atoms with Crippen LogP contribution in [0.25, 0.3) is 10.9 Å². The first kappa shape index (κ1) is 11.7. The van der Waals surface area contributed by atoms with Crippen LogP contribution >= 0.6 is 11.6 Å². The van der Waals surface area contributed by atoms with Crippen molar-refractivity contribution in [1.29, 1.82) is 0 Å². The number of pyridine rings is 1. The lowest BCUT2D eigenvalue weighted by molar-refractivity contribution is 1.17. The van der Waals surface area contributed by atoms with Gasteiger partial charge in [-0.15, -0.1) is 0 Å². The van der Waals surface area contributed by atoms with Gasteiger partial charge in [0.05, 0.1) is 5.52 Å². The van der Waals surface area contributed by atoms with E-state index in [-0.39, 0.29) is 5.15 Å². The third-order valence-corrected chi connectivity index (χ3v) is 3.04. The van der Waals surface area contributed by atoms with Crippen LogP contribution in [0.2, 0.25) is 5.15 Å². The van der Waals surface area contributed by atoms with Gasteiger partial charge in [-0.3, -0.25) is 4.98 Å². The second-order valence-electron chi connectivity index (χ2n) is 3.93. The molecule has 0 saturated carbocycles. The summed E-state index contributed by atoms with van der Waals surface area (Å²) in [7, 11) is 0. The van der Waals surface area contributed by atoms with E-state index < -0.39 is 0 Å². The molecule has 2 aromatic heterocycles. The lowest BCUT2D eigenvalue weighted by Gasteiger charge is -2.10. The van der Waals surface area contributed by atoms with Crippen LogP contribution in [0.3, 0.4) is 0 Å². The molecule has 19 heavy (non-hydrogen) atoms. The van der Waals surface area contributed by atoms with E-state index in [4.69, 9.17) is 17.3 Å². The first-order chi connectivity index (χ1) is 9.25. The van der Waals surface area contributed by atoms with Crippen molar-refractivity contribution in [3.63, 3.8) is 0 Å². The molecule has 0 bridgehead atoms. The number of nitrogens with one attached hydrogen (secondary N) is 1. The topological polar surface area (TPSA) is 76.7 Å². The third-order valence-electron chi connectivity index (χ3n) is 2.73. The average Bonchev–Trinajstić information content (AvgIpc) is 2.44. The van der Waals surface area contributed by atoms with Crippen LogP contribution in [-0.2, 0) is 0 Å². The number of rotatable bonds is 2. The second-order valence-corrected chi connectivity index (χ2v) is 4.29. The van der Waals surface area contributed by atoms with Crippen LogP contribution < -0.4 is 11.1 Å². The molecule has 3 aromatic rings. The summed E-state index contributed by atoms with van der Waals surface area (Å²) in [6.07, 6.45) is 3.12. The highest BCUT2D eigenvalue weighted by Gasteiger charge is 2.08. The van der Waals surface area contributed by atoms with Crippen LogP contribution in [-0.4, -0.2) is 15.0 Å². The van der Waals surface area contributed by atoms with Gasteiger partial charge in [-0.2, -0.15) is 0 Å². The van der Waals surface area contributed by atoms with Gasteiger partial charge in [-0.25, -0.2) is 9.97 Å². The number of anilines is 3. The molecule has 2 heterocycles. The fourth-order valence-electron chi connectivity index (χ4n) is 1.81. The zero-order chi connectivity index (χ0) is 13.2. The van der Waals surface area contributed by atoms with Crippen molar-refractivity contribution in [2.75, 3.05) is 11.1 Å². The van der Waals surface area contributed by atoms with Crippen molar-refractivity contribution in [2.45, 2.75) is 0 Å². The number of hydrogen-bond donors (Lipinski definition) is 2. The molecule has 0 spiro atoms. The molecule has 0 atom stereocenters. The smallest absolute Gasteiger partial charge is 0.158 e. The largest absolute Gasteiger partial charge is 0.393 e. The van der Waals surface area contributed by atoms with Crippen LogP contribution in [0, 0.1) is 0 Å². The zero-order valence-corrected chi connectivity index (χ0v) is 10.6. The van der Waals surface area contributed by atoms with Gasteiger partial charge in [0.1, 0.15) is 12.0 Å². The highest BCUT2D eigenvalue weighted by atomic mass is 35.5. The van der Waals surface area contributed by atoms with Crippen molar-refractivity contribution in [1.82, 2.24) is 15.0 Å². The first-order valence-corrected chi connectivity index (χ1v) is 6.00. The Kier molecular flexibility index (Phi) is 2.89. The molecule has 3 rings (SSSR count). The molecule has 5 nitrogen and oxygen atoms in total. The summed E-state index contributed by atoms with van der Waals surface area (Å²) in [4.78, 5) is 12.2. The van der Waals surface area contributed by atoms with Gasteiger partial charge in [-0.05, 0) is 24.3 Å². The van der Waals surface area contributed by atoms with Gasteiger partial charge in [0.2, 0.25) is 0 Å². The standard InChI is InChI=1S/C13H10ClN5/c14-12-11(15)13(18-7-17-12)19-10-5-1-4-9-8(10)3-2-6-16-9/h1-7H,15H2,(H,17,18,19). The third kappa shape index (κ3) is 2.15. The maximum atomic E-state index is 5.87. The Labute approximate surface area is 114 Å². The van der Waals surface area contributed by atoms with E-state index in [0.29, 0.717) is 11.5 Å². The Balaban J connectivity index is 2.09. The molecule has 0 aliphatic carbocycles. The summed E-state index contributed by atoms with van der Waals surface area (Å²) < 4.78 is 0. The van der Waals surface area contributed by atoms with E-state index in [1.807, 2.05) is 30.3 Å². The van der Waals surface area contributed by atoms with Crippen molar-refractivity contribution in [3.8, 4) is 0 Å². The number of benzene rings is 1. The maximum absolute atomic E-state index is 5.87. The Morgan fingerprint density at radius 1 is 1.05 bits per heavy atom. The predicted octanol–water partition coefficient (Wildman–Crippen LogP) is 3.00. The molecule has 0 fully saturated rings. The maximum Gasteiger partial charge on any atom is 0.158 e. The summed E-state index contributed by atoms with van der Waals surface area (Å²) in [5.74, 6) is 0.483. The minimum atomic E-state index is 0.232. The number of nitrogen functional groups attached to an aromatic ring is 1. The van der Waals surface area contributed by atoms with Crippen LogP contribution in [0.4, 0.5) is 17.2 Å². The Bertz CT molecular complexity index is 739. The highest BCUT2D eigenvalue weighted by Crippen LogP contribution is 2.28. The minimum Gasteiger partial charge on any atom is -0.393 e. The monoisotopic (exact) mass is 271 g/mol. The highest BCUT2D eigenvalue weighted by molar-refractivity contribution is 6.32. The van der Waals surface area contributed by atoms with Gasteiger partial charge in [0.15, 0.2) is 11.0 Å². The zero-order valence-electron chi connectivity index (χ0n) is 9.84. The normalized spacial score (nSPS) is 10.6. The number of aromatic nitrogens is 3. The Morgan fingerprint density at radius 2 is 1.95 bits per heavy atom. The minimum absolute atomic E-state index is 0.232. The fourth-order valence-corrected chi connectivity index (χ4v) is 1.95. The van der Waals surface area contributed by atoms with Crippen LogP contribution in [0.1, 0.15) is 0 Å². The molecule has 0 amide bonds. The average molecular weight is 272 g/mol. The second kappa shape index (κ2) is 4.70.